The van der Waals surface area contributed by atoms with Crippen molar-refractivity contribution in [2.45, 2.75) is 26.8 Å². The first-order valence-corrected chi connectivity index (χ1v) is 7.40. The molecular weight excluding hydrogens is 266 g/mol. The van der Waals surface area contributed by atoms with Gasteiger partial charge >= 0.3 is 0 Å². The number of benzene rings is 1. The first-order chi connectivity index (χ1) is 9.97. The molecule has 0 aliphatic carbocycles. The van der Waals surface area contributed by atoms with Crippen molar-refractivity contribution in [1.82, 2.24) is 10.6 Å². The van der Waals surface area contributed by atoms with E-state index in [1.165, 1.54) is 0 Å². The molecule has 0 bridgehead atoms. The van der Waals surface area contributed by atoms with Crippen LogP contribution in [0.2, 0.25) is 0 Å². The molecule has 1 unspecified atom stereocenters. The van der Waals surface area contributed by atoms with Crippen LogP contribution in [-0.2, 0) is 4.79 Å². The third-order valence-electron chi connectivity index (χ3n) is 3.75. The van der Waals surface area contributed by atoms with E-state index < -0.39 is 0 Å². The molecule has 1 heterocycles. The van der Waals surface area contributed by atoms with Crippen molar-refractivity contribution in [2.24, 2.45) is 11.8 Å². The van der Waals surface area contributed by atoms with Crippen LogP contribution < -0.4 is 16.0 Å². The van der Waals surface area contributed by atoms with Gasteiger partial charge in [-0.05, 0) is 51.1 Å². The van der Waals surface area contributed by atoms with Gasteiger partial charge in [-0.15, -0.1) is 0 Å². The second-order valence-electron chi connectivity index (χ2n) is 5.91. The number of anilines is 1. The van der Waals surface area contributed by atoms with E-state index in [4.69, 9.17) is 0 Å². The summed E-state index contributed by atoms with van der Waals surface area (Å²) in [6, 6.07) is 7.12. The Hall–Kier alpha value is -1.88. The molecular formula is C16H23N3O2. The minimum atomic E-state index is -0.127. The fourth-order valence-electron chi connectivity index (χ4n) is 2.22. The molecule has 21 heavy (non-hydrogen) atoms. The number of amides is 2. The lowest BCUT2D eigenvalue weighted by atomic mass is 9.88. The third-order valence-corrected chi connectivity index (χ3v) is 3.75. The topological polar surface area (TPSA) is 70.2 Å². The fraction of sp³-hybridized carbons (Fsp3) is 0.500. The lowest BCUT2D eigenvalue weighted by Gasteiger charge is -2.31. The zero-order chi connectivity index (χ0) is 15.4. The van der Waals surface area contributed by atoms with E-state index in [9.17, 15) is 9.59 Å². The van der Waals surface area contributed by atoms with Crippen molar-refractivity contribution >= 4 is 17.5 Å². The van der Waals surface area contributed by atoms with Crippen molar-refractivity contribution in [3.8, 4) is 0 Å². The molecule has 1 saturated heterocycles. The molecule has 5 nitrogen and oxygen atoms in total. The van der Waals surface area contributed by atoms with E-state index in [1.807, 2.05) is 20.8 Å². The monoisotopic (exact) mass is 289 g/mol. The van der Waals surface area contributed by atoms with Crippen LogP contribution in [0.4, 0.5) is 5.69 Å². The van der Waals surface area contributed by atoms with Gasteiger partial charge in [-0.1, -0.05) is 13.0 Å². The van der Waals surface area contributed by atoms with E-state index >= 15 is 0 Å². The van der Waals surface area contributed by atoms with Crippen molar-refractivity contribution in [3.63, 3.8) is 0 Å². The van der Waals surface area contributed by atoms with Crippen LogP contribution in [0.3, 0.4) is 0 Å². The van der Waals surface area contributed by atoms with E-state index in [0.717, 1.165) is 13.1 Å². The standard InChI is InChI=1S/C16H23N3O2/c1-10(2)18-16(21)12-5-4-6-14(7-12)19-15(20)11(3)13-8-17-9-13/h4-7,10-11,13,17H,8-9H2,1-3H3,(H,18,21)(H,19,20). The first-order valence-electron chi connectivity index (χ1n) is 7.40. The highest BCUT2D eigenvalue weighted by Gasteiger charge is 2.28. The summed E-state index contributed by atoms with van der Waals surface area (Å²) in [5.41, 5.74) is 1.22. The van der Waals surface area contributed by atoms with E-state index in [2.05, 4.69) is 16.0 Å². The Morgan fingerprint density at radius 3 is 2.52 bits per heavy atom. The quantitative estimate of drug-likeness (QED) is 0.771. The lowest BCUT2D eigenvalue weighted by molar-refractivity contribution is -0.121. The van der Waals surface area contributed by atoms with Crippen molar-refractivity contribution < 1.29 is 9.59 Å². The molecule has 2 rings (SSSR count). The Balaban J connectivity index is 2.00. The summed E-state index contributed by atoms with van der Waals surface area (Å²) in [5.74, 6) is 0.247. The van der Waals surface area contributed by atoms with E-state index in [1.54, 1.807) is 24.3 Å². The predicted molar refractivity (Wildman–Crippen MR) is 83.2 cm³/mol. The average Bonchev–Trinajstić information content (AvgIpc) is 2.36. The highest BCUT2D eigenvalue weighted by Crippen LogP contribution is 2.19. The van der Waals surface area contributed by atoms with Crippen LogP contribution in [0.25, 0.3) is 0 Å². The molecule has 0 saturated carbocycles. The van der Waals surface area contributed by atoms with Gasteiger partial charge < -0.3 is 16.0 Å². The maximum absolute atomic E-state index is 12.2. The van der Waals surface area contributed by atoms with Crippen LogP contribution in [-0.4, -0.2) is 30.9 Å². The number of rotatable bonds is 5. The maximum atomic E-state index is 12.2. The summed E-state index contributed by atoms with van der Waals surface area (Å²) >= 11 is 0. The number of hydrogen-bond acceptors (Lipinski definition) is 3. The average molecular weight is 289 g/mol. The van der Waals surface area contributed by atoms with Gasteiger partial charge in [0.25, 0.3) is 5.91 Å². The fourth-order valence-corrected chi connectivity index (χ4v) is 2.22. The number of nitrogens with one attached hydrogen (secondary N) is 3. The lowest BCUT2D eigenvalue weighted by Crippen LogP contribution is -2.48. The van der Waals surface area contributed by atoms with Gasteiger partial charge in [-0.3, -0.25) is 9.59 Å². The summed E-state index contributed by atoms with van der Waals surface area (Å²) in [6.07, 6.45) is 0. The Kier molecular flexibility index (Phi) is 4.96. The molecule has 1 fully saturated rings. The molecule has 5 heteroatoms. The van der Waals surface area contributed by atoms with Crippen LogP contribution in [0.15, 0.2) is 24.3 Å². The van der Waals surface area contributed by atoms with Gasteiger partial charge in [0.15, 0.2) is 0 Å². The molecule has 3 N–H and O–H groups in total. The molecule has 1 aliphatic heterocycles. The number of carbonyl (C=O) groups excluding carboxylic acids is 2. The maximum Gasteiger partial charge on any atom is 0.251 e. The van der Waals surface area contributed by atoms with Crippen LogP contribution in [0, 0.1) is 11.8 Å². The van der Waals surface area contributed by atoms with Gasteiger partial charge in [-0.2, -0.15) is 0 Å². The van der Waals surface area contributed by atoms with Gasteiger partial charge in [0.1, 0.15) is 0 Å². The molecule has 1 aliphatic rings. The Morgan fingerprint density at radius 1 is 1.24 bits per heavy atom. The minimum absolute atomic E-state index is 0.00270. The molecule has 1 atom stereocenters. The van der Waals surface area contributed by atoms with E-state index in [0.29, 0.717) is 17.2 Å². The first kappa shape index (κ1) is 15.5. The molecule has 1 aromatic rings. The highest BCUT2D eigenvalue weighted by molar-refractivity contribution is 5.97. The Bertz CT molecular complexity index is 524. The number of hydrogen-bond donors (Lipinski definition) is 3. The molecule has 114 valence electrons. The smallest absolute Gasteiger partial charge is 0.251 e. The summed E-state index contributed by atoms with van der Waals surface area (Å²) in [7, 11) is 0. The minimum Gasteiger partial charge on any atom is -0.350 e. The van der Waals surface area contributed by atoms with Gasteiger partial charge in [0.05, 0.1) is 0 Å². The largest absolute Gasteiger partial charge is 0.350 e. The second kappa shape index (κ2) is 6.72. The molecule has 2 amide bonds. The normalized spacial score (nSPS) is 16.2. The summed E-state index contributed by atoms with van der Waals surface area (Å²) in [5, 5.41) is 8.90. The molecule has 0 aromatic heterocycles. The van der Waals surface area contributed by atoms with E-state index in [-0.39, 0.29) is 23.8 Å². The summed E-state index contributed by atoms with van der Waals surface area (Å²) in [6.45, 7) is 7.56. The van der Waals surface area contributed by atoms with Crippen LogP contribution in [0.5, 0.6) is 0 Å². The van der Waals surface area contributed by atoms with Crippen LogP contribution in [0.1, 0.15) is 31.1 Å². The van der Waals surface area contributed by atoms with Crippen molar-refractivity contribution in [1.29, 1.82) is 0 Å². The Morgan fingerprint density at radius 2 is 1.95 bits per heavy atom. The number of carbonyl (C=O) groups is 2. The predicted octanol–water partition coefficient (Wildman–Crippen LogP) is 1.62. The summed E-state index contributed by atoms with van der Waals surface area (Å²) < 4.78 is 0. The van der Waals surface area contributed by atoms with Gasteiger partial charge in [0, 0.05) is 23.2 Å². The Labute approximate surface area is 125 Å². The molecule has 0 spiro atoms. The zero-order valence-corrected chi connectivity index (χ0v) is 12.8. The molecule has 1 aromatic carbocycles. The zero-order valence-electron chi connectivity index (χ0n) is 12.8. The second-order valence-corrected chi connectivity index (χ2v) is 5.91. The van der Waals surface area contributed by atoms with Crippen molar-refractivity contribution in [3.05, 3.63) is 29.8 Å². The highest BCUT2D eigenvalue weighted by atomic mass is 16.2. The molecule has 0 radical (unpaired) electrons. The van der Waals surface area contributed by atoms with Crippen molar-refractivity contribution in [2.75, 3.05) is 18.4 Å². The third kappa shape index (κ3) is 4.04. The van der Waals surface area contributed by atoms with Gasteiger partial charge in [-0.25, -0.2) is 0 Å². The van der Waals surface area contributed by atoms with Gasteiger partial charge in [0.2, 0.25) is 5.91 Å². The SMILES string of the molecule is CC(C)NC(=O)c1cccc(NC(=O)C(C)C2CNC2)c1. The summed E-state index contributed by atoms with van der Waals surface area (Å²) in [4.78, 5) is 24.1. The van der Waals surface area contributed by atoms with Crippen LogP contribution >= 0.6 is 0 Å².